The Morgan fingerprint density at radius 3 is 2.76 bits per heavy atom. The molecule has 0 bridgehead atoms. The standard InChI is InChI=1S/C10H10F2N4O/c1-16-14-10(13-15-16)5-9(17)7-3-2-6(11)4-8(7)12/h2-4,9,17H,5H2,1H3. The van der Waals surface area contributed by atoms with E-state index in [0.717, 1.165) is 12.1 Å². The van der Waals surface area contributed by atoms with E-state index in [9.17, 15) is 13.9 Å². The van der Waals surface area contributed by atoms with Gasteiger partial charge in [0.05, 0.1) is 13.2 Å². The van der Waals surface area contributed by atoms with Crippen molar-refractivity contribution in [3.63, 3.8) is 0 Å². The molecule has 0 saturated carbocycles. The molecule has 1 N–H and O–H groups in total. The van der Waals surface area contributed by atoms with Crippen molar-refractivity contribution in [3.05, 3.63) is 41.2 Å². The van der Waals surface area contributed by atoms with Crippen LogP contribution in [0.15, 0.2) is 18.2 Å². The maximum atomic E-state index is 13.3. The van der Waals surface area contributed by atoms with Gasteiger partial charge in [-0.3, -0.25) is 0 Å². The van der Waals surface area contributed by atoms with E-state index in [4.69, 9.17) is 0 Å². The van der Waals surface area contributed by atoms with Gasteiger partial charge in [0.2, 0.25) is 0 Å². The first-order valence-electron chi connectivity index (χ1n) is 4.92. The monoisotopic (exact) mass is 240 g/mol. The molecule has 1 heterocycles. The summed E-state index contributed by atoms with van der Waals surface area (Å²) in [4.78, 5) is 1.24. The lowest BCUT2D eigenvalue weighted by Gasteiger charge is -2.09. The van der Waals surface area contributed by atoms with Gasteiger partial charge in [0.15, 0.2) is 5.82 Å². The van der Waals surface area contributed by atoms with Crippen LogP contribution in [0.5, 0.6) is 0 Å². The molecular formula is C10H10F2N4O. The lowest BCUT2D eigenvalue weighted by atomic mass is 10.1. The summed E-state index contributed by atoms with van der Waals surface area (Å²) in [5.41, 5.74) is 0.0128. The smallest absolute Gasteiger partial charge is 0.177 e. The minimum atomic E-state index is -1.13. The average molecular weight is 240 g/mol. The zero-order valence-electron chi connectivity index (χ0n) is 9.01. The van der Waals surface area contributed by atoms with Crippen molar-refractivity contribution in [2.45, 2.75) is 12.5 Å². The van der Waals surface area contributed by atoms with Crippen LogP contribution in [0.25, 0.3) is 0 Å². The van der Waals surface area contributed by atoms with E-state index < -0.39 is 17.7 Å². The SMILES string of the molecule is Cn1nnc(CC(O)c2ccc(F)cc2F)n1. The lowest BCUT2D eigenvalue weighted by molar-refractivity contribution is 0.171. The second-order valence-electron chi connectivity index (χ2n) is 3.58. The molecule has 90 valence electrons. The Kier molecular flexibility index (Phi) is 3.10. The number of hydrogen-bond donors (Lipinski definition) is 1. The summed E-state index contributed by atoms with van der Waals surface area (Å²) in [5.74, 6) is -1.18. The quantitative estimate of drug-likeness (QED) is 0.860. The Bertz CT molecular complexity index is 529. The van der Waals surface area contributed by atoms with E-state index in [0.29, 0.717) is 5.82 Å². The maximum Gasteiger partial charge on any atom is 0.177 e. The summed E-state index contributed by atoms with van der Waals surface area (Å²) >= 11 is 0. The van der Waals surface area contributed by atoms with Crippen molar-refractivity contribution in [2.75, 3.05) is 0 Å². The fourth-order valence-corrected chi connectivity index (χ4v) is 1.46. The van der Waals surface area contributed by atoms with E-state index in [-0.39, 0.29) is 12.0 Å². The second-order valence-corrected chi connectivity index (χ2v) is 3.58. The Labute approximate surface area is 95.7 Å². The van der Waals surface area contributed by atoms with E-state index in [2.05, 4.69) is 15.4 Å². The third-order valence-electron chi connectivity index (χ3n) is 2.25. The molecule has 1 atom stereocenters. The van der Waals surface area contributed by atoms with Gasteiger partial charge in [0.25, 0.3) is 0 Å². The van der Waals surface area contributed by atoms with Crippen molar-refractivity contribution in [1.82, 2.24) is 20.2 Å². The molecule has 0 radical (unpaired) electrons. The molecule has 1 aromatic carbocycles. The van der Waals surface area contributed by atoms with Crippen molar-refractivity contribution in [2.24, 2.45) is 7.05 Å². The van der Waals surface area contributed by atoms with Crippen molar-refractivity contribution >= 4 is 0 Å². The van der Waals surface area contributed by atoms with Crippen LogP contribution in [0.1, 0.15) is 17.5 Å². The number of hydrogen-bond acceptors (Lipinski definition) is 4. The highest BCUT2D eigenvalue weighted by molar-refractivity contribution is 5.21. The van der Waals surface area contributed by atoms with Gasteiger partial charge in [0.1, 0.15) is 11.6 Å². The summed E-state index contributed by atoms with van der Waals surface area (Å²) in [7, 11) is 1.58. The molecule has 5 nitrogen and oxygen atoms in total. The Morgan fingerprint density at radius 2 is 2.18 bits per heavy atom. The van der Waals surface area contributed by atoms with Crippen LogP contribution in [0.3, 0.4) is 0 Å². The van der Waals surface area contributed by atoms with Crippen LogP contribution in [0.2, 0.25) is 0 Å². The van der Waals surface area contributed by atoms with Gasteiger partial charge in [-0.05, 0) is 11.3 Å². The van der Waals surface area contributed by atoms with Gasteiger partial charge in [0, 0.05) is 18.1 Å². The highest BCUT2D eigenvalue weighted by atomic mass is 19.1. The first-order chi connectivity index (χ1) is 8.06. The van der Waals surface area contributed by atoms with Gasteiger partial charge in [-0.25, -0.2) is 8.78 Å². The topological polar surface area (TPSA) is 63.8 Å². The summed E-state index contributed by atoms with van der Waals surface area (Å²) in [6.45, 7) is 0. The molecule has 2 rings (SSSR count). The molecule has 17 heavy (non-hydrogen) atoms. The molecule has 0 spiro atoms. The maximum absolute atomic E-state index is 13.3. The van der Waals surface area contributed by atoms with Crippen LogP contribution in [0.4, 0.5) is 8.78 Å². The van der Waals surface area contributed by atoms with Crippen LogP contribution < -0.4 is 0 Å². The Balaban J connectivity index is 2.17. The number of aryl methyl sites for hydroxylation is 1. The van der Waals surface area contributed by atoms with Crippen molar-refractivity contribution in [3.8, 4) is 0 Å². The Hall–Kier alpha value is -1.89. The number of rotatable bonds is 3. The highest BCUT2D eigenvalue weighted by Crippen LogP contribution is 2.20. The molecule has 0 aliphatic rings. The largest absolute Gasteiger partial charge is 0.388 e. The van der Waals surface area contributed by atoms with Crippen LogP contribution in [0, 0.1) is 11.6 Å². The third-order valence-corrected chi connectivity index (χ3v) is 2.25. The van der Waals surface area contributed by atoms with Crippen molar-refractivity contribution in [1.29, 1.82) is 0 Å². The minimum absolute atomic E-state index is 0.0128. The van der Waals surface area contributed by atoms with E-state index in [1.54, 1.807) is 7.05 Å². The average Bonchev–Trinajstić information content (AvgIpc) is 2.63. The predicted octanol–water partition coefficient (Wildman–Crippen LogP) is 0.764. The Morgan fingerprint density at radius 1 is 1.41 bits per heavy atom. The van der Waals surface area contributed by atoms with Crippen LogP contribution in [-0.4, -0.2) is 25.3 Å². The number of benzene rings is 1. The van der Waals surface area contributed by atoms with Crippen LogP contribution in [-0.2, 0) is 13.5 Å². The zero-order chi connectivity index (χ0) is 12.4. The van der Waals surface area contributed by atoms with Gasteiger partial charge in [-0.2, -0.15) is 4.80 Å². The van der Waals surface area contributed by atoms with E-state index in [1.165, 1.54) is 10.9 Å². The molecule has 0 aliphatic heterocycles. The molecule has 0 fully saturated rings. The van der Waals surface area contributed by atoms with E-state index in [1.807, 2.05) is 0 Å². The number of aliphatic hydroxyl groups is 1. The zero-order valence-corrected chi connectivity index (χ0v) is 9.01. The molecule has 7 heteroatoms. The molecular weight excluding hydrogens is 230 g/mol. The number of nitrogens with zero attached hydrogens (tertiary/aromatic N) is 4. The van der Waals surface area contributed by atoms with Crippen LogP contribution >= 0.6 is 0 Å². The normalized spacial score (nSPS) is 12.7. The summed E-state index contributed by atoms with van der Waals surface area (Å²) < 4.78 is 26.0. The molecule has 2 aromatic rings. The summed E-state index contributed by atoms with van der Waals surface area (Å²) in [5, 5.41) is 20.9. The first-order valence-corrected chi connectivity index (χ1v) is 4.92. The van der Waals surface area contributed by atoms with Gasteiger partial charge < -0.3 is 5.11 Å². The summed E-state index contributed by atoms with van der Waals surface area (Å²) in [6.07, 6.45) is -1.10. The van der Waals surface area contributed by atoms with Crippen molar-refractivity contribution < 1.29 is 13.9 Å². The number of halogens is 2. The fraction of sp³-hybridized carbons (Fsp3) is 0.300. The molecule has 1 aromatic heterocycles. The molecule has 1 unspecified atom stereocenters. The summed E-state index contributed by atoms with van der Waals surface area (Å²) in [6, 6.07) is 3.01. The van der Waals surface area contributed by atoms with Gasteiger partial charge >= 0.3 is 0 Å². The number of aliphatic hydroxyl groups excluding tert-OH is 1. The third kappa shape index (κ3) is 2.62. The first kappa shape index (κ1) is 11.6. The molecule has 0 aliphatic carbocycles. The molecule has 0 amide bonds. The number of aromatic nitrogens is 4. The highest BCUT2D eigenvalue weighted by Gasteiger charge is 2.16. The van der Waals surface area contributed by atoms with Gasteiger partial charge in [-0.15, -0.1) is 10.2 Å². The lowest BCUT2D eigenvalue weighted by Crippen LogP contribution is -2.06. The predicted molar refractivity (Wildman–Crippen MR) is 53.8 cm³/mol. The van der Waals surface area contributed by atoms with E-state index >= 15 is 0 Å². The van der Waals surface area contributed by atoms with Gasteiger partial charge in [-0.1, -0.05) is 6.07 Å². The molecule has 0 saturated heterocycles. The second kappa shape index (κ2) is 4.54. The number of tetrazole rings is 1. The minimum Gasteiger partial charge on any atom is -0.388 e. The fourth-order valence-electron chi connectivity index (χ4n) is 1.46.